The van der Waals surface area contributed by atoms with Crippen molar-refractivity contribution < 1.29 is 22.7 Å². The van der Waals surface area contributed by atoms with E-state index in [0.29, 0.717) is 18.0 Å². The van der Waals surface area contributed by atoms with Gasteiger partial charge in [-0.15, -0.1) is 0 Å². The largest absolute Gasteiger partial charge is 0.497 e. The minimum absolute atomic E-state index is 0.0205. The highest BCUT2D eigenvalue weighted by atomic mass is 32.2. The van der Waals surface area contributed by atoms with Crippen LogP contribution in [0.2, 0.25) is 0 Å². The van der Waals surface area contributed by atoms with E-state index in [1.807, 2.05) is 0 Å². The van der Waals surface area contributed by atoms with Crippen LogP contribution >= 0.6 is 0 Å². The Balaban J connectivity index is 2.13. The van der Waals surface area contributed by atoms with Crippen LogP contribution in [0, 0.1) is 0 Å². The second-order valence-electron chi connectivity index (χ2n) is 6.41. The lowest BCUT2D eigenvalue weighted by Gasteiger charge is -2.21. The number of hydrogen-bond donors (Lipinski definition) is 1. The number of rotatable bonds is 8. The summed E-state index contributed by atoms with van der Waals surface area (Å²) < 4.78 is 30.8. The maximum atomic E-state index is 12.8. The fraction of sp³-hybridized carbons (Fsp3) is 0.300. The third-order valence-corrected chi connectivity index (χ3v) is 6.05. The van der Waals surface area contributed by atoms with Crippen molar-refractivity contribution in [1.29, 1.82) is 0 Å². The van der Waals surface area contributed by atoms with Crippen molar-refractivity contribution in [3.63, 3.8) is 0 Å². The standard InChI is InChI=1S/C20H25N3O5S/c1-5-23(14-19(24)21-16-9-11-17(28-4)12-10-16)20(25)15-7-6-8-18(13-15)29(26,27)22(2)3/h6-13H,5,14H2,1-4H3,(H,21,24). The summed E-state index contributed by atoms with van der Waals surface area (Å²) in [6.45, 7) is 1.88. The first-order valence-electron chi connectivity index (χ1n) is 8.94. The molecule has 0 atom stereocenters. The first-order valence-corrected chi connectivity index (χ1v) is 10.4. The van der Waals surface area contributed by atoms with Gasteiger partial charge in [-0.25, -0.2) is 12.7 Å². The van der Waals surface area contributed by atoms with Crippen LogP contribution in [-0.4, -0.2) is 63.7 Å². The normalized spacial score (nSPS) is 11.2. The Labute approximate surface area is 171 Å². The number of anilines is 1. The molecule has 0 spiro atoms. The van der Waals surface area contributed by atoms with Crippen LogP contribution in [0.25, 0.3) is 0 Å². The van der Waals surface area contributed by atoms with Crippen molar-refractivity contribution in [3.8, 4) is 5.75 Å². The van der Waals surface area contributed by atoms with Gasteiger partial charge in [0.1, 0.15) is 12.3 Å². The Morgan fingerprint density at radius 3 is 2.28 bits per heavy atom. The van der Waals surface area contributed by atoms with Crippen molar-refractivity contribution in [1.82, 2.24) is 9.21 Å². The van der Waals surface area contributed by atoms with E-state index in [1.165, 1.54) is 43.3 Å². The van der Waals surface area contributed by atoms with E-state index < -0.39 is 15.9 Å². The second kappa shape index (κ2) is 9.53. The van der Waals surface area contributed by atoms with Gasteiger partial charge in [0.05, 0.1) is 12.0 Å². The number of nitrogens with zero attached hydrogens (tertiary/aromatic N) is 2. The number of amides is 2. The van der Waals surface area contributed by atoms with E-state index in [0.717, 1.165) is 4.31 Å². The molecule has 2 rings (SSSR count). The molecule has 0 fully saturated rings. The summed E-state index contributed by atoms with van der Waals surface area (Å²) in [5, 5.41) is 2.72. The summed E-state index contributed by atoms with van der Waals surface area (Å²) in [6.07, 6.45) is 0. The predicted octanol–water partition coefficient (Wildman–Crippen LogP) is 2.05. The van der Waals surface area contributed by atoms with Crippen LogP contribution in [0.5, 0.6) is 5.75 Å². The molecule has 0 aliphatic heterocycles. The first kappa shape index (κ1) is 22.4. The van der Waals surface area contributed by atoms with E-state index in [2.05, 4.69) is 5.32 Å². The van der Waals surface area contributed by atoms with Crippen LogP contribution < -0.4 is 10.1 Å². The van der Waals surface area contributed by atoms with Gasteiger partial charge in [-0.3, -0.25) is 9.59 Å². The molecule has 0 saturated carbocycles. The quantitative estimate of drug-likeness (QED) is 0.706. The molecular formula is C20H25N3O5S. The summed E-state index contributed by atoms with van der Waals surface area (Å²) in [4.78, 5) is 26.5. The molecule has 0 bridgehead atoms. The molecule has 29 heavy (non-hydrogen) atoms. The molecular weight excluding hydrogens is 394 g/mol. The van der Waals surface area contributed by atoms with E-state index in [9.17, 15) is 18.0 Å². The Hall–Kier alpha value is -2.91. The molecule has 2 aromatic rings. The maximum Gasteiger partial charge on any atom is 0.254 e. The van der Waals surface area contributed by atoms with Crippen molar-refractivity contribution in [2.24, 2.45) is 0 Å². The highest BCUT2D eigenvalue weighted by molar-refractivity contribution is 7.89. The van der Waals surface area contributed by atoms with Crippen molar-refractivity contribution in [2.75, 3.05) is 39.6 Å². The van der Waals surface area contributed by atoms with Gasteiger partial charge >= 0.3 is 0 Å². The number of methoxy groups -OCH3 is 1. The zero-order valence-corrected chi connectivity index (χ0v) is 17.7. The number of nitrogens with one attached hydrogen (secondary N) is 1. The van der Waals surface area contributed by atoms with Gasteiger partial charge in [-0.05, 0) is 49.4 Å². The Bertz CT molecular complexity index is 972. The summed E-state index contributed by atoms with van der Waals surface area (Å²) >= 11 is 0. The van der Waals surface area contributed by atoms with Crippen LogP contribution in [0.3, 0.4) is 0 Å². The SMILES string of the molecule is CCN(CC(=O)Nc1ccc(OC)cc1)C(=O)c1cccc(S(=O)(=O)N(C)C)c1. The van der Waals surface area contributed by atoms with Crippen LogP contribution in [0.1, 0.15) is 17.3 Å². The van der Waals surface area contributed by atoms with Gasteiger partial charge in [-0.1, -0.05) is 6.07 Å². The number of ether oxygens (including phenoxy) is 1. The maximum absolute atomic E-state index is 12.8. The average Bonchev–Trinajstić information content (AvgIpc) is 2.72. The molecule has 1 N–H and O–H groups in total. The summed E-state index contributed by atoms with van der Waals surface area (Å²) in [6, 6.07) is 12.6. The zero-order valence-electron chi connectivity index (χ0n) is 16.9. The van der Waals surface area contributed by atoms with Gasteiger partial charge in [0.15, 0.2) is 0 Å². The van der Waals surface area contributed by atoms with Crippen molar-refractivity contribution in [3.05, 3.63) is 54.1 Å². The molecule has 2 amide bonds. The number of benzene rings is 2. The molecule has 0 saturated heterocycles. The fourth-order valence-electron chi connectivity index (χ4n) is 2.56. The number of carbonyl (C=O) groups is 2. The molecule has 0 heterocycles. The molecule has 0 radical (unpaired) electrons. The van der Waals surface area contributed by atoms with Crippen LogP contribution in [-0.2, 0) is 14.8 Å². The zero-order chi connectivity index (χ0) is 21.6. The van der Waals surface area contributed by atoms with Gasteiger partial charge in [0.2, 0.25) is 15.9 Å². The number of carbonyl (C=O) groups excluding carboxylic acids is 2. The average molecular weight is 420 g/mol. The molecule has 0 aromatic heterocycles. The predicted molar refractivity (Wildman–Crippen MR) is 111 cm³/mol. The topological polar surface area (TPSA) is 96.0 Å². The summed E-state index contributed by atoms with van der Waals surface area (Å²) in [5.41, 5.74) is 0.783. The molecule has 0 unspecified atom stereocenters. The number of hydrogen-bond acceptors (Lipinski definition) is 5. The van der Waals surface area contributed by atoms with Gasteiger partial charge < -0.3 is 15.0 Å². The van der Waals surface area contributed by atoms with Crippen molar-refractivity contribution >= 4 is 27.5 Å². The smallest absolute Gasteiger partial charge is 0.254 e. The lowest BCUT2D eigenvalue weighted by molar-refractivity contribution is -0.116. The summed E-state index contributed by atoms with van der Waals surface area (Å²) in [5.74, 6) is -0.114. The minimum atomic E-state index is -3.66. The van der Waals surface area contributed by atoms with Crippen LogP contribution in [0.4, 0.5) is 5.69 Å². The third kappa shape index (κ3) is 5.55. The fourth-order valence-corrected chi connectivity index (χ4v) is 3.51. The number of sulfonamides is 1. The van der Waals surface area contributed by atoms with E-state index in [1.54, 1.807) is 38.3 Å². The molecule has 8 nitrogen and oxygen atoms in total. The van der Waals surface area contributed by atoms with Crippen molar-refractivity contribution in [2.45, 2.75) is 11.8 Å². The third-order valence-electron chi connectivity index (χ3n) is 4.24. The Morgan fingerprint density at radius 2 is 1.72 bits per heavy atom. The van der Waals surface area contributed by atoms with Crippen LogP contribution in [0.15, 0.2) is 53.4 Å². The highest BCUT2D eigenvalue weighted by Gasteiger charge is 2.22. The lowest BCUT2D eigenvalue weighted by Crippen LogP contribution is -2.38. The molecule has 9 heteroatoms. The Kier molecular flexibility index (Phi) is 7.35. The minimum Gasteiger partial charge on any atom is -0.497 e. The molecule has 2 aromatic carbocycles. The molecule has 156 valence electrons. The lowest BCUT2D eigenvalue weighted by atomic mass is 10.2. The van der Waals surface area contributed by atoms with E-state index in [-0.39, 0.29) is 22.9 Å². The molecule has 0 aliphatic carbocycles. The van der Waals surface area contributed by atoms with Gasteiger partial charge in [0, 0.05) is 31.9 Å². The first-order chi connectivity index (χ1) is 13.7. The van der Waals surface area contributed by atoms with Gasteiger partial charge in [-0.2, -0.15) is 0 Å². The Morgan fingerprint density at radius 1 is 1.07 bits per heavy atom. The molecule has 0 aliphatic rings. The second-order valence-corrected chi connectivity index (χ2v) is 8.56. The highest BCUT2D eigenvalue weighted by Crippen LogP contribution is 2.17. The van der Waals surface area contributed by atoms with E-state index >= 15 is 0 Å². The summed E-state index contributed by atoms with van der Waals surface area (Å²) in [7, 11) is 0.735. The monoisotopic (exact) mass is 419 g/mol. The van der Waals surface area contributed by atoms with Gasteiger partial charge in [0.25, 0.3) is 5.91 Å². The number of likely N-dealkylation sites (N-methyl/N-ethyl adjacent to an activating group) is 1. The van der Waals surface area contributed by atoms with E-state index in [4.69, 9.17) is 4.74 Å².